The molecular weight excluding hydrogens is 152 g/mol. The van der Waals surface area contributed by atoms with Crippen LogP contribution in [0.2, 0.25) is 0 Å². The number of rotatable bonds is 7. The van der Waals surface area contributed by atoms with E-state index in [-0.39, 0.29) is 0 Å². The second-order valence-electron chi connectivity index (χ2n) is 3.56. The highest BCUT2D eigenvalue weighted by Gasteiger charge is 2.22. The van der Waals surface area contributed by atoms with Crippen molar-refractivity contribution in [2.24, 2.45) is 5.92 Å². The van der Waals surface area contributed by atoms with Crippen molar-refractivity contribution in [1.82, 2.24) is 0 Å². The molecule has 12 heavy (non-hydrogen) atoms. The van der Waals surface area contributed by atoms with Crippen LogP contribution in [-0.2, 0) is 9.47 Å². The molecule has 0 radical (unpaired) electrons. The predicted molar refractivity (Wildman–Crippen MR) is 49.2 cm³/mol. The van der Waals surface area contributed by atoms with E-state index >= 15 is 0 Å². The Bertz CT molecular complexity index is 110. The standard InChI is InChI=1S/C10H20O2/c1-3-5-9(4-2)6-11-7-10-8-12-10/h9-10H,3-8H2,1-2H3. The fraction of sp³-hybridized carbons (Fsp3) is 1.00. The Morgan fingerprint density at radius 3 is 2.75 bits per heavy atom. The van der Waals surface area contributed by atoms with Crippen molar-refractivity contribution in [2.75, 3.05) is 19.8 Å². The molecule has 0 aliphatic carbocycles. The van der Waals surface area contributed by atoms with E-state index in [0.717, 1.165) is 25.7 Å². The van der Waals surface area contributed by atoms with Crippen molar-refractivity contribution in [3.8, 4) is 0 Å². The fourth-order valence-electron chi connectivity index (χ4n) is 1.34. The van der Waals surface area contributed by atoms with E-state index in [2.05, 4.69) is 13.8 Å². The lowest BCUT2D eigenvalue weighted by Crippen LogP contribution is -2.11. The summed E-state index contributed by atoms with van der Waals surface area (Å²) in [5, 5.41) is 0. The Morgan fingerprint density at radius 2 is 2.25 bits per heavy atom. The molecule has 1 aliphatic heterocycles. The van der Waals surface area contributed by atoms with Gasteiger partial charge in [0, 0.05) is 6.61 Å². The van der Waals surface area contributed by atoms with E-state index in [1.807, 2.05) is 0 Å². The molecule has 0 spiro atoms. The van der Waals surface area contributed by atoms with E-state index < -0.39 is 0 Å². The molecule has 0 amide bonds. The van der Waals surface area contributed by atoms with Crippen molar-refractivity contribution >= 4 is 0 Å². The van der Waals surface area contributed by atoms with Crippen LogP contribution in [0.1, 0.15) is 33.1 Å². The van der Waals surface area contributed by atoms with Crippen LogP contribution in [0.3, 0.4) is 0 Å². The van der Waals surface area contributed by atoms with Gasteiger partial charge in [-0.3, -0.25) is 0 Å². The SMILES string of the molecule is CCCC(CC)COCC1CO1. The lowest BCUT2D eigenvalue weighted by atomic mass is 10.0. The zero-order valence-electron chi connectivity index (χ0n) is 8.21. The van der Waals surface area contributed by atoms with Crippen LogP contribution in [0.25, 0.3) is 0 Å². The fourth-order valence-corrected chi connectivity index (χ4v) is 1.34. The first-order chi connectivity index (χ1) is 5.86. The van der Waals surface area contributed by atoms with Gasteiger partial charge >= 0.3 is 0 Å². The minimum atomic E-state index is 0.420. The number of hydrogen-bond donors (Lipinski definition) is 0. The van der Waals surface area contributed by atoms with Gasteiger partial charge in [0.2, 0.25) is 0 Å². The van der Waals surface area contributed by atoms with Crippen molar-refractivity contribution in [3.05, 3.63) is 0 Å². The summed E-state index contributed by atoms with van der Waals surface area (Å²) in [6, 6.07) is 0. The first kappa shape index (κ1) is 10.0. The van der Waals surface area contributed by atoms with Gasteiger partial charge in [0.05, 0.1) is 13.2 Å². The summed E-state index contributed by atoms with van der Waals surface area (Å²) >= 11 is 0. The number of ether oxygens (including phenoxy) is 2. The first-order valence-corrected chi connectivity index (χ1v) is 5.06. The van der Waals surface area contributed by atoms with Crippen molar-refractivity contribution < 1.29 is 9.47 Å². The van der Waals surface area contributed by atoms with Crippen molar-refractivity contribution in [3.63, 3.8) is 0 Å². The second kappa shape index (κ2) is 5.55. The highest BCUT2D eigenvalue weighted by Crippen LogP contribution is 2.13. The van der Waals surface area contributed by atoms with Gasteiger partial charge in [0.1, 0.15) is 6.10 Å². The number of epoxide rings is 1. The van der Waals surface area contributed by atoms with E-state index in [9.17, 15) is 0 Å². The lowest BCUT2D eigenvalue weighted by molar-refractivity contribution is 0.0818. The molecule has 0 saturated carbocycles. The highest BCUT2D eigenvalue weighted by molar-refractivity contribution is 4.67. The molecule has 0 N–H and O–H groups in total. The molecule has 1 fully saturated rings. The summed E-state index contributed by atoms with van der Waals surface area (Å²) in [6.07, 6.45) is 4.22. The topological polar surface area (TPSA) is 21.8 Å². The molecule has 2 atom stereocenters. The van der Waals surface area contributed by atoms with Gasteiger partial charge in [-0.1, -0.05) is 26.7 Å². The molecule has 0 aromatic carbocycles. The summed E-state index contributed by atoms with van der Waals surface area (Å²) in [4.78, 5) is 0. The number of hydrogen-bond acceptors (Lipinski definition) is 2. The maximum atomic E-state index is 5.54. The highest BCUT2D eigenvalue weighted by atomic mass is 16.6. The summed E-state index contributed by atoms with van der Waals surface area (Å²) in [5.41, 5.74) is 0. The smallest absolute Gasteiger partial charge is 0.104 e. The molecule has 0 bridgehead atoms. The maximum absolute atomic E-state index is 5.54. The van der Waals surface area contributed by atoms with Gasteiger partial charge in [-0.25, -0.2) is 0 Å². The molecule has 1 saturated heterocycles. The molecule has 2 heteroatoms. The Morgan fingerprint density at radius 1 is 1.50 bits per heavy atom. The quantitative estimate of drug-likeness (QED) is 0.549. The van der Waals surface area contributed by atoms with Gasteiger partial charge in [0.25, 0.3) is 0 Å². The normalized spacial score (nSPS) is 24.0. The molecular formula is C10H20O2. The van der Waals surface area contributed by atoms with Crippen LogP contribution < -0.4 is 0 Å². The molecule has 0 aromatic rings. The van der Waals surface area contributed by atoms with Crippen LogP contribution >= 0.6 is 0 Å². The van der Waals surface area contributed by atoms with Gasteiger partial charge < -0.3 is 9.47 Å². The Labute approximate surface area is 75.2 Å². The van der Waals surface area contributed by atoms with Crippen LogP contribution in [0.15, 0.2) is 0 Å². The van der Waals surface area contributed by atoms with E-state index in [4.69, 9.17) is 9.47 Å². The lowest BCUT2D eigenvalue weighted by Gasteiger charge is -2.12. The van der Waals surface area contributed by atoms with E-state index in [1.54, 1.807) is 0 Å². The average Bonchev–Trinajstić information content (AvgIpc) is 2.87. The van der Waals surface area contributed by atoms with Crippen LogP contribution in [0.4, 0.5) is 0 Å². The Balaban J connectivity index is 1.93. The largest absolute Gasteiger partial charge is 0.378 e. The monoisotopic (exact) mass is 172 g/mol. The molecule has 72 valence electrons. The van der Waals surface area contributed by atoms with Crippen LogP contribution in [0, 0.1) is 5.92 Å². The Kier molecular flexibility index (Phi) is 4.62. The maximum Gasteiger partial charge on any atom is 0.104 e. The summed E-state index contributed by atoms with van der Waals surface area (Å²) in [7, 11) is 0. The Hall–Kier alpha value is -0.0800. The minimum Gasteiger partial charge on any atom is -0.378 e. The third-order valence-electron chi connectivity index (χ3n) is 2.33. The molecule has 2 unspecified atom stereocenters. The summed E-state index contributed by atoms with van der Waals surface area (Å²) in [6.45, 7) is 7.10. The predicted octanol–water partition coefficient (Wildman–Crippen LogP) is 2.23. The van der Waals surface area contributed by atoms with E-state index in [1.165, 1.54) is 19.3 Å². The molecule has 0 aromatic heterocycles. The summed E-state index contributed by atoms with van der Waals surface area (Å²) < 4.78 is 10.6. The third-order valence-corrected chi connectivity index (χ3v) is 2.33. The molecule has 1 aliphatic rings. The third kappa shape index (κ3) is 4.07. The van der Waals surface area contributed by atoms with Crippen LogP contribution in [-0.4, -0.2) is 25.9 Å². The molecule has 2 nitrogen and oxygen atoms in total. The van der Waals surface area contributed by atoms with Crippen molar-refractivity contribution in [1.29, 1.82) is 0 Å². The molecule has 1 heterocycles. The zero-order valence-corrected chi connectivity index (χ0v) is 8.21. The zero-order chi connectivity index (χ0) is 8.81. The van der Waals surface area contributed by atoms with Gasteiger partial charge in [-0.15, -0.1) is 0 Å². The van der Waals surface area contributed by atoms with Gasteiger partial charge in [-0.2, -0.15) is 0 Å². The second-order valence-corrected chi connectivity index (χ2v) is 3.56. The van der Waals surface area contributed by atoms with Gasteiger partial charge in [0.15, 0.2) is 0 Å². The van der Waals surface area contributed by atoms with E-state index in [0.29, 0.717) is 6.10 Å². The molecule has 1 rings (SSSR count). The first-order valence-electron chi connectivity index (χ1n) is 5.06. The van der Waals surface area contributed by atoms with Gasteiger partial charge in [-0.05, 0) is 12.3 Å². The summed E-state index contributed by atoms with van der Waals surface area (Å²) in [5.74, 6) is 0.758. The van der Waals surface area contributed by atoms with Crippen molar-refractivity contribution in [2.45, 2.75) is 39.2 Å². The minimum absolute atomic E-state index is 0.420. The average molecular weight is 172 g/mol. The van der Waals surface area contributed by atoms with Crippen LogP contribution in [0.5, 0.6) is 0 Å².